The van der Waals surface area contributed by atoms with E-state index in [1.165, 1.54) is 0 Å². The Morgan fingerprint density at radius 2 is 1.57 bits per heavy atom. The van der Waals surface area contributed by atoms with Crippen molar-refractivity contribution in [1.82, 2.24) is 0 Å². The fourth-order valence-corrected chi connectivity index (χ4v) is 1.86. The van der Waals surface area contributed by atoms with Crippen molar-refractivity contribution in [3.63, 3.8) is 0 Å². The Morgan fingerprint density at radius 3 is 1.90 bits per heavy atom. The summed E-state index contributed by atoms with van der Waals surface area (Å²) < 4.78 is 9.57. The summed E-state index contributed by atoms with van der Waals surface area (Å²) in [6.07, 6.45) is -0.466. The van der Waals surface area contributed by atoms with E-state index in [0.717, 1.165) is 13.8 Å². The van der Waals surface area contributed by atoms with E-state index in [1.807, 2.05) is 0 Å². The SMILES string of the molecule is CCOC(=O)[C@H](C[C@](CO)(C(C)=O)C(=O)OCC)C(C)=O. The monoisotopic (exact) mass is 302 g/mol. The van der Waals surface area contributed by atoms with Gasteiger partial charge in [-0.05, 0) is 34.1 Å². The van der Waals surface area contributed by atoms with Gasteiger partial charge in [-0.15, -0.1) is 0 Å². The Labute approximate surface area is 123 Å². The summed E-state index contributed by atoms with van der Waals surface area (Å²) in [7, 11) is 0. The molecular formula is C14H22O7. The third-order valence-electron chi connectivity index (χ3n) is 3.22. The van der Waals surface area contributed by atoms with Crippen LogP contribution in [-0.2, 0) is 28.7 Å². The zero-order valence-electron chi connectivity index (χ0n) is 12.8. The number of carbonyl (C=O) groups excluding carboxylic acids is 4. The molecule has 1 N–H and O–H groups in total. The van der Waals surface area contributed by atoms with Gasteiger partial charge < -0.3 is 14.6 Å². The minimum absolute atomic E-state index is 0.0119. The molecule has 7 heteroatoms. The maximum atomic E-state index is 12.0. The average Bonchev–Trinajstić information content (AvgIpc) is 2.39. The molecule has 0 spiro atoms. The van der Waals surface area contributed by atoms with E-state index in [1.54, 1.807) is 13.8 Å². The number of hydrogen-bond acceptors (Lipinski definition) is 7. The van der Waals surface area contributed by atoms with E-state index in [9.17, 15) is 24.3 Å². The number of rotatable bonds is 9. The largest absolute Gasteiger partial charge is 0.465 e. The summed E-state index contributed by atoms with van der Waals surface area (Å²) >= 11 is 0. The van der Waals surface area contributed by atoms with Crippen molar-refractivity contribution in [3.8, 4) is 0 Å². The van der Waals surface area contributed by atoms with Gasteiger partial charge in [-0.2, -0.15) is 0 Å². The predicted molar refractivity (Wildman–Crippen MR) is 72.3 cm³/mol. The minimum Gasteiger partial charge on any atom is -0.465 e. The molecule has 0 aromatic carbocycles. The fraction of sp³-hybridized carbons (Fsp3) is 0.714. The van der Waals surface area contributed by atoms with Gasteiger partial charge in [-0.1, -0.05) is 0 Å². The van der Waals surface area contributed by atoms with Crippen LogP contribution in [0.25, 0.3) is 0 Å². The lowest BCUT2D eigenvalue weighted by Crippen LogP contribution is -2.46. The summed E-state index contributed by atoms with van der Waals surface area (Å²) in [6.45, 7) is 4.62. The van der Waals surface area contributed by atoms with Crippen LogP contribution >= 0.6 is 0 Å². The molecule has 0 saturated carbocycles. The number of carbonyl (C=O) groups is 4. The third kappa shape index (κ3) is 4.63. The summed E-state index contributed by atoms with van der Waals surface area (Å²) in [5, 5.41) is 9.50. The van der Waals surface area contributed by atoms with Gasteiger partial charge in [0, 0.05) is 0 Å². The molecule has 120 valence electrons. The molecular weight excluding hydrogens is 280 g/mol. The molecule has 0 aliphatic rings. The number of Topliss-reactive ketones (excluding diaryl/α,β-unsaturated/α-hetero) is 2. The molecule has 2 atom stereocenters. The first-order chi connectivity index (χ1) is 9.76. The molecule has 0 aliphatic carbocycles. The van der Waals surface area contributed by atoms with Gasteiger partial charge in [0.1, 0.15) is 22.9 Å². The van der Waals surface area contributed by atoms with Crippen LogP contribution in [0.3, 0.4) is 0 Å². The molecule has 7 nitrogen and oxygen atoms in total. The number of ketones is 2. The maximum absolute atomic E-state index is 12.0. The average molecular weight is 302 g/mol. The molecule has 0 aromatic heterocycles. The van der Waals surface area contributed by atoms with Crippen molar-refractivity contribution >= 4 is 23.5 Å². The first-order valence-corrected chi connectivity index (χ1v) is 6.73. The lowest BCUT2D eigenvalue weighted by atomic mass is 9.75. The van der Waals surface area contributed by atoms with Crippen LogP contribution in [0, 0.1) is 11.3 Å². The Hall–Kier alpha value is -1.76. The zero-order chi connectivity index (χ0) is 16.6. The lowest BCUT2D eigenvalue weighted by molar-refractivity contribution is -0.166. The highest BCUT2D eigenvalue weighted by molar-refractivity contribution is 6.05. The van der Waals surface area contributed by atoms with E-state index >= 15 is 0 Å². The van der Waals surface area contributed by atoms with Gasteiger partial charge >= 0.3 is 11.9 Å². The van der Waals surface area contributed by atoms with Crippen LogP contribution in [0.5, 0.6) is 0 Å². The van der Waals surface area contributed by atoms with Crippen LogP contribution in [0.4, 0.5) is 0 Å². The fourth-order valence-electron chi connectivity index (χ4n) is 1.86. The van der Waals surface area contributed by atoms with E-state index in [4.69, 9.17) is 9.47 Å². The Bertz CT molecular complexity index is 414. The van der Waals surface area contributed by atoms with Gasteiger partial charge in [0.2, 0.25) is 0 Å². The van der Waals surface area contributed by atoms with Crippen molar-refractivity contribution in [1.29, 1.82) is 0 Å². The number of esters is 2. The molecule has 0 radical (unpaired) electrons. The van der Waals surface area contributed by atoms with Gasteiger partial charge in [0.15, 0.2) is 0 Å². The molecule has 0 heterocycles. The second-order valence-electron chi connectivity index (χ2n) is 4.64. The number of hydrogen-bond donors (Lipinski definition) is 1. The summed E-state index contributed by atoms with van der Waals surface area (Å²) in [6, 6.07) is 0. The van der Waals surface area contributed by atoms with E-state index in [0.29, 0.717) is 0 Å². The van der Waals surface area contributed by atoms with E-state index in [2.05, 4.69) is 0 Å². The number of aliphatic hydroxyl groups is 1. The normalized spacial score (nSPS) is 14.7. The zero-order valence-corrected chi connectivity index (χ0v) is 12.8. The summed E-state index contributed by atoms with van der Waals surface area (Å²) in [5.74, 6) is -4.29. The molecule has 0 fully saturated rings. The predicted octanol–water partition coefficient (Wildman–Crippen LogP) is 0.276. The van der Waals surface area contributed by atoms with Crippen LogP contribution in [0.2, 0.25) is 0 Å². The van der Waals surface area contributed by atoms with Crippen molar-refractivity contribution in [2.24, 2.45) is 11.3 Å². The smallest absolute Gasteiger partial charge is 0.322 e. The first kappa shape index (κ1) is 19.2. The number of aliphatic hydroxyl groups excluding tert-OH is 1. The molecule has 0 aliphatic heterocycles. The van der Waals surface area contributed by atoms with Crippen LogP contribution in [0.15, 0.2) is 0 Å². The highest BCUT2D eigenvalue weighted by atomic mass is 16.5. The van der Waals surface area contributed by atoms with Crippen molar-refractivity contribution in [2.75, 3.05) is 19.8 Å². The van der Waals surface area contributed by atoms with Gasteiger partial charge in [0.25, 0.3) is 0 Å². The Morgan fingerprint density at radius 1 is 1.05 bits per heavy atom. The second kappa shape index (κ2) is 8.51. The van der Waals surface area contributed by atoms with Crippen molar-refractivity contribution in [3.05, 3.63) is 0 Å². The van der Waals surface area contributed by atoms with Gasteiger partial charge in [0.05, 0.1) is 19.8 Å². The molecule has 21 heavy (non-hydrogen) atoms. The van der Waals surface area contributed by atoms with Gasteiger partial charge in [-0.25, -0.2) is 0 Å². The van der Waals surface area contributed by atoms with E-state index in [-0.39, 0.29) is 13.2 Å². The number of ether oxygens (including phenoxy) is 2. The van der Waals surface area contributed by atoms with Gasteiger partial charge in [-0.3, -0.25) is 19.2 Å². The van der Waals surface area contributed by atoms with E-state index < -0.39 is 47.9 Å². The van der Waals surface area contributed by atoms with Crippen molar-refractivity contribution in [2.45, 2.75) is 34.1 Å². The van der Waals surface area contributed by atoms with Crippen LogP contribution in [0.1, 0.15) is 34.1 Å². The minimum atomic E-state index is -1.93. The van der Waals surface area contributed by atoms with Crippen molar-refractivity contribution < 1.29 is 33.8 Å². The molecule has 0 unspecified atom stereocenters. The molecule has 0 saturated heterocycles. The molecule has 0 aromatic rings. The quantitative estimate of drug-likeness (QED) is 0.481. The molecule has 0 amide bonds. The Balaban J connectivity index is 5.53. The summed E-state index contributed by atoms with van der Waals surface area (Å²) in [4.78, 5) is 47.2. The highest BCUT2D eigenvalue weighted by Crippen LogP contribution is 2.30. The Kier molecular flexibility index (Phi) is 7.80. The topological polar surface area (TPSA) is 107 Å². The standard InChI is InChI=1S/C14H22O7/c1-5-20-12(18)11(9(3)16)7-14(8-15,10(4)17)13(19)21-6-2/h11,15H,5-8H2,1-4H3/t11-,14+/m1/s1. The first-order valence-electron chi connectivity index (χ1n) is 6.73. The maximum Gasteiger partial charge on any atom is 0.322 e. The molecule has 0 rings (SSSR count). The van der Waals surface area contributed by atoms with Crippen LogP contribution < -0.4 is 0 Å². The van der Waals surface area contributed by atoms with Crippen LogP contribution in [-0.4, -0.2) is 48.4 Å². The highest BCUT2D eigenvalue weighted by Gasteiger charge is 2.48. The second-order valence-corrected chi connectivity index (χ2v) is 4.64. The summed E-state index contributed by atoms with van der Waals surface area (Å²) in [5.41, 5.74) is -1.93. The molecule has 0 bridgehead atoms. The third-order valence-corrected chi connectivity index (χ3v) is 3.22. The lowest BCUT2D eigenvalue weighted by Gasteiger charge is -2.29.